The topological polar surface area (TPSA) is 54.9 Å². The summed E-state index contributed by atoms with van der Waals surface area (Å²) < 4.78 is 11.2. The molecule has 0 aliphatic carbocycles. The van der Waals surface area contributed by atoms with Crippen molar-refractivity contribution in [3.05, 3.63) is 45.1 Å². The lowest BCUT2D eigenvalue weighted by Gasteiger charge is -2.20. The average Bonchev–Trinajstić information content (AvgIpc) is 3.14. The first-order valence-corrected chi connectivity index (χ1v) is 9.57. The van der Waals surface area contributed by atoms with Gasteiger partial charge in [-0.15, -0.1) is 35.3 Å². The number of aliphatic imine (C=N–C) groups is 1. The van der Waals surface area contributed by atoms with Crippen molar-refractivity contribution < 1.29 is 9.47 Å². The number of fused-ring (bicyclic) bond motifs is 1. The third-order valence-electron chi connectivity index (χ3n) is 3.83. The third-order valence-corrected chi connectivity index (χ3v) is 5.05. The van der Waals surface area contributed by atoms with Gasteiger partial charge in [0.05, 0.1) is 5.02 Å². The zero-order valence-corrected chi connectivity index (χ0v) is 18.5. The normalized spacial score (nSPS) is 13.1. The average molecular weight is 508 g/mol. The first-order valence-electron chi connectivity index (χ1n) is 8.31. The van der Waals surface area contributed by atoms with Crippen LogP contribution in [-0.4, -0.2) is 39.3 Å². The number of rotatable bonds is 6. The van der Waals surface area contributed by atoms with Crippen LogP contribution in [0.25, 0.3) is 0 Å². The molecule has 2 heterocycles. The number of benzene rings is 1. The van der Waals surface area contributed by atoms with Crippen molar-refractivity contribution in [3.63, 3.8) is 0 Å². The lowest BCUT2D eigenvalue weighted by atomic mass is 10.1. The summed E-state index contributed by atoms with van der Waals surface area (Å²) in [7, 11) is 1.78. The number of ether oxygens (including phenoxy) is 2. The number of thiophene rings is 1. The van der Waals surface area contributed by atoms with Gasteiger partial charge in [0.1, 0.15) is 13.2 Å². The highest BCUT2D eigenvalue weighted by atomic mass is 127. The molecule has 1 aliphatic rings. The summed E-state index contributed by atoms with van der Waals surface area (Å²) in [6.45, 7) is 2.72. The van der Waals surface area contributed by atoms with E-state index in [1.807, 2.05) is 12.1 Å². The molecule has 8 heteroatoms. The highest BCUT2D eigenvalue weighted by molar-refractivity contribution is 14.0. The lowest BCUT2D eigenvalue weighted by Crippen LogP contribution is -2.39. The maximum atomic E-state index is 6.27. The summed E-state index contributed by atoms with van der Waals surface area (Å²) in [5, 5.41) is 9.36. The van der Waals surface area contributed by atoms with E-state index in [2.05, 4.69) is 33.1 Å². The van der Waals surface area contributed by atoms with E-state index < -0.39 is 0 Å². The van der Waals surface area contributed by atoms with E-state index in [1.54, 1.807) is 18.4 Å². The maximum absolute atomic E-state index is 6.27. The second-order valence-electron chi connectivity index (χ2n) is 5.61. The van der Waals surface area contributed by atoms with Gasteiger partial charge in [-0.3, -0.25) is 4.99 Å². The third kappa shape index (κ3) is 5.92. The van der Waals surface area contributed by atoms with E-state index >= 15 is 0 Å². The largest absolute Gasteiger partial charge is 0.486 e. The summed E-state index contributed by atoms with van der Waals surface area (Å²) in [4.78, 5) is 5.62. The van der Waals surface area contributed by atoms with Crippen LogP contribution in [0.4, 0.5) is 0 Å². The van der Waals surface area contributed by atoms with Crippen LogP contribution in [-0.2, 0) is 12.8 Å². The minimum Gasteiger partial charge on any atom is -0.486 e. The van der Waals surface area contributed by atoms with Gasteiger partial charge in [-0.25, -0.2) is 0 Å². The second-order valence-corrected chi connectivity index (χ2v) is 7.05. The first kappa shape index (κ1) is 21.1. The quantitative estimate of drug-likeness (QED) is 0.355. The van der Waals surface area contributed by atoms with Crippen molar-refractivity contribution in [1.82, 2.24) is 10.6 Å². The molecule has 142 valence electrons. The van der Waals surface area contributed by atoms with Gasteiger partial charge >= 0.3 is 0 Å². The number of nitrogens with zero attached hydrogens (tertiary/aromatic N) is 1. The summed E-state index contributed by atoms with van der Waals surface area (Å²) >= 11 is 8.05. The van der Waals surface area contributed by atoms with E-state index in [0.29, 0.717) is 24.0 Å². The highest BCUT2D eigenvalue weighted by Gasteiger charge is 2.16. The van der Waals surface area contributed by atoms with E-state index in [4.69, 9.17) is 21.1 Å². The molecule has 1 aromatic carbocycles. The molecule has 0 radical (unpaired) electrons. The monoisotopic (exact) mass is 507 g/mol. The van der Waals surface area contributed by atoms with Crippen LogP contribution in [0, 0.1) is 0 Å². The van der Waals surface area contributed by atoms with Crippen LogP contribution in [0.15, 0.2) is 34.6 Å². The van der Waals surface area contributed by atoms with Crippen LogP contribution in [0.2, 0.25) is 5.02 Å². The molecule has 0 saturated carbocycles. The lowest BCUT2D eigenvalue weighted by molar-refractivity contribution is 0.171. The van der Waals surface area contributed by atoms with Gasteiger partial charge in [0.25, 0.3) is 0 Å². The molecule has 0 spiro atoms. The molecule has 0 saturated heterocycles. The minimum atomic E-state index is 0. The van der Waals surface area contributed by atoms with Crippen molar-refractivity contribution in [1.29, 1.82) is 0 Å². The van der Waals surface area contributed by atoms with Crippen LogP contribution >= 0.6 is 46.9 Å². The summed E-state index contributed by atoms with van der Waals surface area (Å²) in [6.07, 6.45) is 1.82. The summed E-state index contributed by atoms with van der Waals surface area (Å²) in [5.41, 5.74) is 1.11. The van der Waals surface area contributed by atoms with Crippen molar-refractivity contribution in [2.75, 3.05) is 33.4 Å². The fraction of sp³-hybridized carbons (Fsp3) is 0.389. The Morgan fingerprint density at radius 1 is 1.19 bits per heavy atom. The molecule has 2 N–H and O–H groups in total. The van der Waals surface area contributed by atoms with Gasteiger partial charge in [-0.05, 0) is 42.0 Å². The molecule has 0 unspecified atom stereocenters. The molecule has 0 bridgehead atoms. The number of hydrogen-bond acceptors (Lipinski definition) is 4. The number of guanidine groups is 1. The molecule has 0 fully saturated rings. The molecule has 5 nitrogen and oxygen atoms in total. The molecule has 1 aliphatic heterocycles. The van der Waals surface area contributed by atoms with Crippen molar-refractivity contribution in [2.24, 2.45) is 4.99 Å². The molecule has 26 heavy (non-hydrogen) atoms. The Bertz CT molecular complexity index is 725. The zero-order valence-electron chi connectivity index (χ0n) is 14.6. The molecule has 2 aromatic rings. The summed E-state index contributed by atoms with van der Waals surface area (Å²) in [6, 6.07) is 8.15. The van der Waals surface area contributed by atoms with Gasteiger partial charge in [0, 0.05) is 25.0 Å². The highest BCUT2D eigenvalue weighted by Crippen LogP contribution is 2.38. The summed E-state index contributed by atoms with van der Waals surface area (Å²) in [5.74, 6) is 2.18. The molecular weight excluding hydrogens is 485 g/mol. The fourth-order valence-corrected chi connectivity index (χ4v) is 3.61. The number of halogens is 2. The maximum Gasteiger partial charge on any atom is 0.190 e. The predicted molar refractivity (Wildman–Crippen MR) is 119 cm³/mol. The Morgan fingerprint density at radius 3 is 2.69 bits per heavy atom. The van der Waals surface area contributed by atoms with Crippen LogP contribution in [0.3, 0.4) is 0 Å². The smallest absolute Gasteiger partial charge is 0.190 e. The Morgan fingerprint density at radius 2 is 1.96 bits per heavy atom. The Balaban J connectivity index is 0.00000243. The fourth-order valence-electron chi connectivity index (χ4n) is 2.61. The Kier molecular flexibility index (Phi) is 8.80. The van der Waals surface area contributed by atoms with Crippen LogP contribution < -0.4 is 20.1 Å². The van der Waals surface area contributed by atoms with Crippen molar-refractivity contribution in [3.8, 4) is 11.5 Å². The van der Waals surface area contributed by atoms with Crippen LogP contribution in [0.5, 0.6) is 11.5 Å². The molecule has 1 aromatic heterocycles. The molecule has 3 rings (SSSR count). The standard InChI is InChI=1S/C18H22ClN3O2S.HI/c1-20-18(22-7-5-14-3-2-10-25-14)21-6-4-13-11-15(19)17-16(12-13)23-8-9-24-17;/h2-3,10-12H,4-9H2,1H3,(H2,20,21,22);1H. The van der Waals surface area contributed by atoms with Gasteiger partial charge < -0.3 is 20.1 Å². The molecule has 0 amide bonds. The zero-order chi connectivity index (χ0) is 17.5. The predicted octanol–water partition coefficient (Wildman–Crippen LogP) is 3.74. The van der Waals surface area contributed by atoms with E-state index in [9.17, 15) is 0 Å². The van der Waals surface area contributed by atoms with Gasteiger partial charge in [-0.2, -0.15) is 0 Å². The second kappa shape index (κ2) is 10.8. The number of nitrogens with one attached hydrogen (secondary N) is 2. The van der Waals surface area contributed by atoms with Gasteiger partial charge in [-0.1, -0.05) is 17.7 Å². The van der Waals surface area contributed by atoms with E-state index in [-0.39, 0.29) is 24.0 Å². The van der Waals surface area contributed by atoms with E-state index in [0.717, 1.165) is 43.2 Å². The minimum absolute atomic E-state index is 0. The number of hydrogen-bond donors (Lipinski definition) is 2. The van der Waals surface area contributed by atoms with Crippen LogP contribution in [0.1, 0.15) is 10.4 Å². The molecule has 0 atom stereocenters. The van der Waals surface area contributed by atoms with Crippen molar-refractivity contribution >= 4 is 52.9 Å². The van der Waals surface area contributed by atoms with E-state index in [1.165, 1.54) is 4.88 Å². The first-order chi connectivity index (χ1) is 12.3. The van der Waals surface area contributed by atoms with Crippen molar-refractivity contribution in [2.45, 2.75) is 12.8 Å². The Labute approximate surface area is 180 Å². The van der Waals surface area contributed by atoms with Gasteiger partial charge in [0.2, 0.25) is 0 Å². The van der Waals surface area contributed by atoms with Gasteiger partial charge in [0.15, 0.2) is 17.5 Å². The SMILES string of the molecule is CN=C(NCCc1cc(Cl)c2c(c1)OCCO2)NCCc1cccs1.I. The molecular formula is C18H23ClIN3O2S. The Hall–Kier alpha value is -1.19.